The number of para-hydroxylation sites is 1. The van der Waals surface area contributed by atoms with Gasteiger partial charge in [0.05, 0.1) is 39.4 Å². The molecule has 2 heterocycles. The number of aromatic nitrogens is 1. The summed E-state index contributed by atoms with van der Waals surface area (Å²) in [5.41, 5.74) is 1.64. The van der Waals surface area contributed by atoms with Gasteiger partial charge in [-0.2, -0.15) is 0 Å². The lowest BCUT2D eigenvalue weighted by atomic mass is 10.1. The fraction of sp³-hybridized carbons (Fsp3) is 0.391. The van der Waals surface area contributed by atoms with Gasteiger partial charge in [0.2, 0.25) is 5.91 Å². The normalized spacial score (nSPS) is 16.8. The Kier molecular flexibility index (Phi) is 6.41. The topological polar surface area (TPSA) is 76.6 Å². The first-order valence-corrected chi connectivity index (χ1v) is 12.8. The van der Waals surface area contributed by atoms with Crippen molar-refractivity contribution >= 4 is 42.4 Å². The second-order valence-electron chi connectivity index (χ2n) is 8.02. The van der Waals surface area contributed by atoms with E-state index in [0.717, 1.165) is 35.2 Å². The van der Waals surface area contributed by atoms with E-state index in [0.29, 0.717) is 11.7 Å². The van der Waals surface area contributed by atoms with Crippen molar-refractivity contribution in [2.75, 3.05) is 18.1 Å². The largest absolute Gasteiger partial charge is 0.376 e. The summed E-state index contributed by atoms with van der Waals surface area (Å²) >= 11 is 1.50. The first-order valence-electron chi connectivity index (χ1n) is 10.4. The van der Waals surface area contributed by atoms with Crippen LogP contribution < -0.4 is 4.90 Å². The van der Waals surface area contributed by atoms with E-state index in [1.807, 2.05) is 24.3 Å². The molecule has 8 heteroatoms. The number of sulfone groups is 1. The van der Waals surface area contributed by atoms with Crippen LogP contribution in [0.5, 0.6) is 0 Å². The van der Waals surface area contributed by atoms with Gasteiger partial charge < -0.3 is 4.74 Å². The predicted octanol–water partition coefficient (Wildman–Crippen LogP) is 4.23. The van der Waals surface area contributed by atoms with Crippen LogP contribution in [-0.2, 0) is 25.8 Å². The number of fused-ring (bicyclic) bond motifs is 1. The quantitative estimate of drug-likeness (QED) is 0.529. The molecule has 3 aromatic rings. The Morgan fingerprint density at radius 2 is 1.94 bits per heavy atom. The molecular weight excluding hydrogens is 432 g/mol. The van der Waals surface area contributed by atoms with Gasteiger partial charge in [0.1, 0.15) is 0 Å². The number of hydrogen-bond acceptors (Lipinski definition) is 6. The summed E-state index contributed by atoms with van der Waals surface area (Å²) in [5, 5.41) is 0.182. The minimum Gasteiger partial charge on any atom is -0.376 e. The molecule has 0 bridgehead atoms. The number of carbonyl (C=O) groups is 1. The molecule has 164 valence electrons. The third kappa shape index (κ3) is 4.81. The molecule has 1 aromatic heterocycles. The number of benzene rings is 2. The molecule has 1 aliphatic rings. The second kappa shape index (κ2) is 9.06. The van der Waals surface area contributed by atoms with E-state index >= 15 is 0 Å². The minimum absolute atomic E-state index is 0.00882. The number of amides is 1. The van der Waals surface area contributed by atoms with Crippen LogP contribution in [0, 0.1) is 0 Å². The Morgan fingerprint density at radius 1 is 1.19 bits per heavy atom. The standard InChI is InChI=1S/C23H26N2O4S2/c1-16(2)31(27,28)19-11-9-17(10-12-19)14-22(26)25(15-18-6-5-13-29-18)23-24-20-7-3-4-8-21(20)30-23/h3-4,7-12,16,18H,5-6,13-15H2,1-2H3. The summed E-state index contributed by atoms with van der Waals surface area (Å²) in [6, 6.07) is 14.4. The molecule has 1 unspecified atom stereocenters. The highest BCUT2D eigenvalue weighted by atomic mass is 32.2. The van der Waals surface area contributed by atoms with Gasteiger partial charge in [-0.1, -0.05) is 35.6 Å². The summed E-state index contributed by atoms with van der Waals surface area (Å²) < 4.78 is 31.5. The first-order chi connectivity index (χ1) is 14.8. The molecule has 0 saturated carbocycles. The highest BCUT2D eigenvalue weighted by Gasteiger charge is 2.26. The van der Waals surface area contributed by atoms with Crippen molar-refractivity contribution < 1.29 is 17.9 Å². The number of nitrogens with zero attached hydrogens (tertiary/aromatic N) is 2. The van der Waals surface area contributed by atoms with E-state index in [1.54, 1.807) is 43.0 Å². The molecular formula is C23H26N2O4S2. The van der Waals surface area contributed by atoms with Crippen molar-refractivity contribution in [1.82, 2.24) is 4.98 Å². The molecule has 1 saturated heterocycles. The number of hydrogen-bond donors (Lipinski definition) is 0. The van der Waals surface area contributed by atoms with E-state index in [2.05, 4.69) is 4.98 Å². The Bertz CT molecular complexity index is 1130. The van der Waals surface area contributed by atoms with Gasteiger partial charge in [-0.3, -0.25) is 9.69 Å². The maximum absolute atomic E-state index is 13.3. The fourth-order valence-electron chi connectivity index (χ4n) is 3.59. The van der Waals surface area contributed by atoms with Crippen molar-refractivity contribution in [3.8, 4) is 0 Å². The van der Waals surface area contributed by atoms with Gasteiger partial charge >= 0.3 is 0 Å². The van der Waals surface area contributed by atoms with Crippen LogP contribution in [0.2, 0.25) is 0 Å². The predicted molar refractivity (Wildman–Crippen MR) is 123 cm³/mol. The number of rotatable bonds is 7. The van der Waals surface area contributed by atoms with Crippen LogP contribution in [0.1, 0.15) is 32.3 Å². The van der Waals surface area contributed by atoms with E-state index in [4.69, 9.17) is 4.74 Å². The number of carbonyl (C=O) groups excluding carboxylic acids is 1. The minimum atomic E-state index is -3.33. The summed E-state index contributed by atoms with van der Waals surface area (Å²) in [7, 11) is -3.33. The molecule has 4 rings (SSSR count). The van der Waals surface area contributed by atoms with Crippen LogP contribution in [0.15, 0.2) is 53.4 Å². The van der Waals surface area contributed by atoms with Gasteiger partial charge in [-0.15, -0.1) is 0 Å². The zero-order valence-corrected chi connectivity index (χ0v) is 19.3. The number of anilines is 1. The van der Waals surface area contributed by atoms with Crippen molar-refractivity contribution in [2.24, 2.45) is 0 Å². The Hall–Kier alpha value is -2.29. The third-order valence-electron chi connectivity index (χ3n) is 5.45. The van der Waals surface area contributed by atoms with E-state index < -0.39 is 15.1 Å². The SMILES string of the molecule is CC(C)S(=O)(=O)c1ccc(CC(=O)N(CC2CCCO2)c2nc3ccccc3s2)cc1. The molecule has 1 aliphatic heterocycles. The highest BCUT2D eigenvalue weighted by Crippen LogP contribution is 2.30. The van der Waals surface area contributed by atoms with Gasteiger partial charge in [0.15, 0.2) is 15.0 Å². The average Bonchev–Trinajstić information content (AvgIpc) is 3.41. The lowest BCUT2D eigenvalue weighted by molar-refractivity contribution is -0.118. The van der Waals surface area contributed by atoms with Crippen molar-refractivity contribution in [1.29, 1.82) is 0 Å². The lowest BCUT2D eigenvalue weighted by Gasteiger charge is -2.23. The van der Waals surface area contributed by atoms with Gasteiger partial charge in [-0.05, 0) is 56.5 Å². The monoisotopic (exact) mass is 458 g/mol. The summed E-state index contributed by atoms with van der Waals surface area (Å²) in [6.45, 7) is 4.51. The first kappa shape index (κ1) is 21.9. The molecule has 6 nitrogen and oxygen atoms in total. The summed E-state index contributed by atoms with van der Waals surface area (Å²) in [6.07, 6.45) is 2.11. The number of thiazole rings is 1. The molecule has 0 N–H and O–H groups in total. The fourth-order valence-corrected chi connectivity index (χ4v) is 5.65. The van der Waals surface area contributed by atoms with Crippen LogP contribution in [0.25, 0.3) is 10.2 Å². The van der Waals surface area contributed by atoms with E-state index in [1.165, 1.54) is 11.3 Å². The van der Waals surface area contributed by atoms with Crippen molar-refractivity contribution in [3.63, 3.8) is 0 Å². The molecule has 1 amide bonds. The van der Waals surface area contributed by atoms with E-state index in [9.17, 15) is 13.2 Å². The molecule has 2 aromatic carbocycles. The lowest BCUT2D eigenvalue weighted by Crippen LogP contribution is -2.38. The van der Waals surface area contributed by atoms with Crippen LogP contribution in [0.3, 0.4) is 0 Å². The van der Waals surface area contributed by atoms with Crippen LogP contribution >= 0.6 is 11.3 Å². The van der Waals surface area contributed by atoms with Crippen molar-refractivity contribution in [3.05, 3.63) is 54.1 Å². The summed E-state index contributed by atoms with van der Waals surface area (Å²) in [5.74, 6) is -0.0750. The zero-order valence-electron chi connectivity index (χ0n) is 17.7. The third-order valence-corrected chi connectivity index (χ3v) is 8.68. The Morgan fingerprint density at radius 3 is 2.58 bits per heavy atom. The van der Waals surface area contributed by atoms with Gasteiger partial charge in [-0.25, -0.2) is 13.4 Å². The maximum Gasteiger partial charge on any atom is 0.233 e. The van der Waals surface area contributed by atoms with Gasteiger partial charge in [0, 0.05) is 6.61 Å². The zero-order chi connectivity index (χ0) is 22.0. The molecule has 0 radical (unpaired) electrons. The molecule has 1 fully saturated rings. The average molecular weight is 459 g/mol. The smallest absolute Gasteiger partial charge is 0.233 e. The Balaban J connectivity index is 1.57. The summed E-state index contributed by atoms with van der Waals surface area (Å²) in [4.78, 5) is 20.0. The maximum atomic E-state index is 13.3. The Labute approximate surface area is 186 Å². The van der Waals surface area contributed by atoms with Crippen LogP contribution in [-0.4, -0.2) is 43.8 Å². The molecule has 0 spiro atoms. The van der Waals surface area contributed by atoms with Gasteiger partial charge in [0.25, 0.3) is 0 Å². The van der Waals surface area contributed by atoms with Crippen molar-refractivity contribution in [2.45, 2.75) is 49.4 Å². The molecule has 0 aliphatic carbocycles. The second-order valence-corrected chi connectivity index (χ2v) is 11.5. The number of ether oxygens (including phenoxy) is 1. The van der Waals surface area contributed by atoms with Crippen LogP contribution in [0.4, 0.5) is 5.13 Å². The molecule has 31 heavy (non-hydrogen) atoms. The van der Waals surface area contributed by atoms with E-state index in [-0.39, 0.29) is 23.3 Å². The molecule has 1 atom stereocenters. The highest BCUT2D eigenvalue weighted by molar-refractivity contribution is 7.92.